The number of nitrogens with zero attached hydrogens (tertiary/aromatic N) is 1. The summed E-state index contributed by atoms with van der Waals surface area (Å²) in [5.74, 6) is -0.730. The summed E-state index contributed by atoms with van der Waals surface area (Å²) in [7, 11) is 0. The Balaban J connectivity index is 1.40. The summed E-state index contributed by atoms with van der Waals surface area (Å²) in [4.78, 5) is 40.2. The van der Waals surface area contributed by atoms with Crippen LogP contribution < -0.4 is 11.1 Å². The molecule has 5 rings (SSSR count). The smallest absolute Gasteiger partial charge is 0.411 e. The van der Waals surface area contributed by atoms with Gasteiger partial charge in [-0.3, -0.25) is 15.0 Å². The standard InChI is InChI=1S/C28H24ClN3O5S/c29-20-12-7-13-21(14-20)31-28(35)36-15-19-16-38-26-22(30)25(33)32(26)23(19)27(34)37-24(17-8-3-1-4-9-17)18-10-5-2-6-11-18/h1-14,22,24,26H,15-16,30H2,(H,31,35)/t22?,26-/m0/s1. The molecular formula is C28H24ClN3O5S. The first-order valence-corrected chi connectivity index (χ1v) is 13.3. The zero-order valence-corrected chi connectivity index (χ0v) is 21.7. The Kier molecular flexibility index (Phi) is 7.69. The number of rotatable bonds is 7. The number of hydrogen-bond acceptors (Lipinski definition) is 7. The van der Waals surface area contributed by atoms with Gasteiger partial charge in [-0.25, -0.2) is 9.59 Å². The highest BCUT2D eigenvalue weighted by Crippen LogP contribution is 2.41. The number of thioether (sulfide) groups is 1. The molecule has 0 bridgehead atoms. The van der Waals surface area contributed by atoms with Crippen LogP contribution in [0.15, 0.2) is 96.2 Å². The van der Waals surface area contributed by atoms with E-state index in [1.165, 1.54) is 16.7 Å². The lowest BCUT2D eigenvalue weighted by molar-refractivity contribution is -0.153. The molecular weight excluding hydrogens is 526 g/mol. The number of nitrogens with two attached hydrogens (primary N) is 1. The maximum absolute atomic E-state index is 13.7. The van der Waals surface area contributed by atoms with Gasteiger partial charge in [0.25, 0.3) is 0 Å². The number of hydrogen-bond donors (Lipinski definition) is 2. The van der Waals surface area contributed by atoms with Gasteiger partial charge in [-0.15, -0.1) is 11.8 Å². The quantitative estimate of drug-likeness (QED) is 0.324. The van der Waals surface area contributed by atoms with Gasteiger partial charge in [-0.2, -0.15) is 0 Å². The van der Waals surface area contributed by atoms with Crippen molar-refractivity contribution < 1.29 is 23.9 Å². The van der Waals surface area contributed by atoms with Crippen LogP contribution in [-0.2, 0) is 19.1 Å². The van der Waals surface area contributed by atoms with E-state index in [0.29, 0.717) is 22.0 Å². The number of carbonyl (C=O) groups excluding carboxylic acids is 3. The van der Waals surface area contributed by atoms with E-state index in [1.54, 1.807) is 24.3 Å². The van der Waals surface area contributed by atoms with E-state index in [0.717, 1.165) is 11.1 Å². The molecule has 2 aliphatic rings. The third kappa shape index (κ3) is 5.40. The summed E-state index contributed by atoms with van der Waals surface area (Å²) < 4.78 is 11.4. The Morgan fingerprint density at radius 3 is 2.32 bits per heavy atom. The third-order valence-electron chi connectivity index (χ3n) is 6.16. The number of β-lactam (4-membered cyclic amide) rings is 1. The lowest BCUT2D eigenvalue weighted by Gasteiger charge is -2.48. The highest BCUT2D eigenvalue weighted by Gasteiger charge is 2.52. The van der Waals surface area contributed by atoms with Crippen molar-refractivity contribution in [1.82, 2.24) is 4.90 Å². The molecule has 0 aliphatic carbocycles. The van der Waals surface area contributed by atoms with E-state index in [9.17, 15) is 14.4 Å². The summed E-state index contributed by atoms with van der Waals surface area (Å²) >= 11 is 7.38. The van der Waals surface area contributed by atoms with Crippen LogP contribution in [-0.4, -0.2) is 46.6 Å². The van der Waals surface area contributed by atoms with Crippen molar-refractivity contribution >= 4 is 47.0 Å². The molecule has 2 heterocycles. The fourth-order valence-corrected chi connectivity index (χ4v) is 5.76. The number of amides is 2. The van der Waals surface area contributed by atoms with Crippen molar-refractivity contribution in [3.05, 3.63) is 112 Å². The number of nitrogens with one attached hydrogen (secondary N) is 1. The number of ether oxygens (including phenoxy) is 2. The minimum Gasteiger partial charge on any atom is -0.448 e. The number of esters is 1. The lowest BCUT2D eigenvalue weighted by atomic mass is 10.0. The largest absolute Gasteiger partial charge is 0.448 e. The first-order chi connectivity index (χ1) is 18.4. The maximum atomic E-state index is 13.7. The van der Waals surface area contributed by atoms with Crippen molar-refractivity contribution in [2.24, 2.45) is 5.73 Å². The monoisotopic (exact) mass is 549 g/mol. The Hall–Kier alpha value is -3.79. The fourth-order valence-electron chi connectivity index (χ4n) is 4.30. The maximum Gasteiger partial charge on any atom is 0.411 e. The zero-order valence-electron chi connectivity index (χ0n) is 20.1. The highest BCUT2D eigenvalue weighted by molar-refractivity contribution is 8.00. The topological polar surface area (TPSA) is 111 Å². The molecule has 1 fully saturated rings. The molecule has 2 atom stereocenters. The summed E-state index contributed by atoms with van der Waals surface area (Å²) in [5, 5.41) is 2.67. The minimum atomic E-state index is -0.724. The summed E-state index contributed by atoms with van der Waals surface area (Å²) in [5.41, 5.74) is 8.53. The van der Waals surface area contributed by atoms with Crippen molar-refractivity contribution in [3.63, 3.8) is 0 Å². The van der Waals surface area contributed by atoms with Gasteiger partial charge in [0.2, 0.25) is 5.91 Å². The van der Waals surface area contributed by atoms with E-state index in [-0.39, 0.29) is 23.6 Å². The van der Waals surface area contributed by atoms with Gasteiger partial charge in [0.05, 0.1) is 0 Å². The molecule has 2 amide bonds. The average molecular weight is 550 g/mol. The molecule has 3 aromatic rings. The van der Waals surface area contributed by atoms with Gasteiger partial charge in [0, 0.05) is 22.0 Å². The molecule has 38 heavy (non-hydrogen) atoms. The van der Waals surface area contributed by atoms with Gasteiger partial charge in [0.15, 0.2) is 6.10 Å². The van der Waals surface area contributed by atoms with Crippen LogP contribution in [0, 0.1) is 0 Å². The van der Waals surface area contributed by atoms with Gasteiger partial charge in [0.1, 0.15) is 23.7 Å². The van der Waals surface area contributed by atoms with Crippen molar-refractivity contribution in [3.8, 4) is 0 Å². The van der Waals surface area contributed by atoms with Crippen molar-refractivity contribution in [2.75, 3.05) is 17.7 Å². The van der Waals surface area contributed by atoms with E-state index >= 15 is 0 Å². The normalized spacial score (nSPS) is 18.5. The van der Waals surface area contributed by atoms with E-state index < -0.39 is 24.2 Å². The van der Waals surface area contributed by atoms with E-state index in [2.05, 4.69) is 5.32 Å². The Labute approximate surface area is 228 Å². The SMILES string of the molecule is NC1C(=O)N2C(C(=O)OC(c3ccccc3)c3ccccc3)=C(COC(=O)Nc3cccc(Cl)c3)CS[C@@H]12. The third-order valence-corrected chi connectivity index (χ3v) is 7.76. The predicted molar refractivity (Wildman–Crippen MR) is 145 cm³/mol. The zero-order chi connectivity index (χ0) is 26.6. The minimum absolute atomic E-state index is 0.0628. The summed E-state index contributed by atoms with van der Waals surface area (Å²) in [6.45, 7) is -0.211. The van der Waals surface area contributed by atoms with Crippen LogP contribution in [0.2, 0.25) is 5.02 Å². The number of fused-ring (bicyclic) bond motifs is 1. The molecule has 194 valence electrons. The molecule has 8 nitrogen and oxygen atoms in total. The first kappa shape index (κ1) is 25.8. The van der Waals surface area contributed by atoms with Crippen LogP contribution in [0.4, 0.5) is 10.5 Å². The second-order valence-electron chi connectivity index (χ2n) is 8.71. The van der Waals surface area contributed by atoms with Gasteiger partial charge >= 0.3 is 12.1 Å². The Bertz CT molecular complexity index is 1350. The van der Waals surface area contributed by atoms with Crippen LogP contribution in [0.25, 0.3) is 0 Å². The molecule has 3 N–H and O–H groups in total. The molecule has 0 radical (unpaired) electrons. The van der Waals surface area contributed by atoms with Gasteiger partial charge in [-0.1, -0.05) is 78.3 Å². The number of benzene rings is 3. The van der Waals surface area contributed by atoms with Crippen LogP contribution >= 0.6 is 23.4 Å². The summed E-state index contributed by atoms with van der Waals surface area (Å²) in [6, 6.07) is 24.6. The van der Waals surface area contributed by atoms with Crippen LogP contribution in [0.5, 0.6) is 0 Å². The van der Waals surface area contributed by atoms with Crippen molar-refractivity contribution in [2.45, 2.75) is 17.5 Å². The van der Waals surface area contributed by atoms with Crippen LogP contribution in [0.3, 0.4) is 0 Å². The molecule has 3 aromatic carbocycles. The molecule has 1 saturated heterocycles. The molecule has 0 saturated carbocycles. The first-order valence-electron chi connectivity index (χ1n) is 11.8. The second-order valence-corrected chi connectivity index (χ2v) is 10.2. The number of halogens is 1. The highest BCUT2D eigenvalue weighted by atomic mass is 35.5. The van der Waals surface area contributed by atoms with E-state index in [4.69, 9.17) is 26.8 Å². The second kappa shape index (κ2) is 11.3. The van der Waals surface area contributed by atoms with E-state index in [1.807, 2.05) is 60.7 Å². The van der Waals surface area contributed by atoms with Crippen LogP contribution in [0.1, 0.15) is 17.2 Å². The Morgan fingerprint density at radius 2 is 1.68 bits per heavy atom. The summed E-state index contributed by atoms with van der Waals surface area (Å²) in [6.07, 6.45) is -1.43. The average Bonchev–Trinajstić information content (AvgIpc) is 2.94. The fraction of sp³-hybridized carbons (Fsp3) is 0.179. The molecule has 0 aromatic heterocycles. The molecule has 0 spiro atoms. The van der Waals surface area contributed by atoms with Gasteiger partial charge in [-0.05, 0) is 29.3 Å². The number of carbonyl (C=O) groups is 3. The molecule has 2 aliphatic heterocycles. The molecule has 10 heteroatoms. The van der Waals surface area contributed by atoms with Gasteiger partial charge < -0.3 is 15.2 Å². The van der Waals surface area contributed by atoms with Crippen molar-refractivity contribution in [1.29, 1.82) is 0 Å². The lowest BCUT2D eigenvalue weighted by Crippen LogP contribution is -2.68. The number of anilines is 1. The molecule has 1 unspecified atom stereocenters. The Morgan fingerprint density at radius 1 is 1.03 bits per heavy atom. The predicted octanol–water partition coefficient (Wildman–Crippen LogP) is 4.72.